The molecule has 19 heavy (non-hydrogen) atoms. The molecule has 106 valence electrons. The van der Waals surface area contributed by atoms with Gasteiger partial charge in [0.15, 0.2) is 0 Å². The molecule has 0 aromatic heterocycles. The van der Waals surface area contributed by atoms with Crippen LogP contribution in [0.4, 0.5) is 0 Å². The topological polar surface area (TPSA) is 21.3 Å². The van der Waals surface area contributed by atoms with E-state index in [0.29, 0.717) is 0 Å². The number of unbranched alkanes of at least 4 members (excludes halogenated alkanes) is 1. The van der Waals surface area contributed by atoms with Gasteiger partial charge in [-0.3, -0.25) is 0 Å². The summed E-state index contributed by atoms with van der Waals surface area (Å²) in [5, 5.41) is 3.52. The molecule has 0 unspecified atom stereocenters. The quantitative estimate of drug-likeness (QED) is 0.752. The minimum absolute atomic E-state index is 0.215. The summed E-state index contributed by atoms with van der Waals surface area (Å²) < 4.78 is 5.77. The van der Waals surface area contributed by atoms with Crippen LogP contribution < -0.4 is 10.1 Å². The van der Waals surface area contributed by atoms with E-state index in [1.807, 2.05) is 0 Å². The van der Waals surface area contributed by atoms with Crippen molar-refractivity contribution in [1.82, 2.24) is 5.32 Å². The highest BCUT2D eigenvalue weighted by Gasteiger charge is 2.19. The third kappa shape index (κ3) is 5.23. The summed E-state index contributed by atoms with van der Waals surface area (Å²) in [6.45, 7) is 8.65. The molecule has 2 nitrogen and oxygen atoms in total. The first-order chi connectivity index (χ1) is 9.05. The SMILES string of the molecule is CC(C)(C)c1ccc(OCCCCNC2CC2)cc1. The van der Waals surface area contributed by atoms with E-state index in [4.69, 9.17) is 4.74 Å². The zero-order valence-corrected chi connectivity index (χ0v) is 12.5. The second-order valence-electron chi connectivity index (χ2n) is 6.56. The second kappa shape index (κ2) is 6.42. The monoisotopic (exact) mass is 261 g/mol. The van der Waals surface area contributed by atoms with Crippen LogP contribution in [0.2, 0.25) is 0 Å². The minimum atomic E-state index is 0.215. The molecule has 1 aromatic rings. The molecular formula is C17H27NO. The predicted octanol–water partition coefficient (Wildman–Crippen LogP) is 3.90. The maximum absolute atomic E-state index is 5.77. The van der Waals surface area contributed by atoms with Crippen LogP contribution in [0.15, 0.2) is 24.3 Å². The fourth-order valence-corrected chi connectivity index (χ4v) is 2.06. The van der Waals surface area contributed by atoms with Gasteiger partial charge in [0.1, 0.15) is 5.75 Å². The molecule has 1 fully saturated rings. The van der Waals surface area contributed by atoms with E-state index in [1.54, 1.807) is 0 Å². The first-order valence-electron chi connectivity index (χ1n) is 7.52. The van der Waals surface area contributed by atoms with E-state index in [-0.39, 0.29) is 5.41 Å². The molecule has 0 bridgehead atoms. The number of ether oxygens (including phenoxy) is 1. The van der Waals surface area contributed by atoms with Gasteiger partial charge in [0.25, 0.3) is 0 Å². The Hall–Kier alpha value is -1.02. The molecule has 2 rings (SSSR count). The Morgan fingerprint density at radius 1 is 1.11 bits per heavy atom. The van der Waals surface area contributed by atoms with Gasteiger partial charge in [0.2, 0.25) is 0 Å². The summed E-state index contributed by atoms with van der Waals surface area (Å²) >= 11 is 0. The molecule has 0 aliphatic heterocycles. The summed E-state index contributed by atoms with van der Waals surface area (Å²) in [4.78, 5) is 0. The van der Waals surface area contributed by atoms with Crippen molar-refractivity contribution in [3.05, 3.63) is 29.8 Å². The largest absolute Gasteiger partial charge is 0.494 e. The molecular weight excluding hydrogens is 234 g/mol. The van der Waals surface area contributed by atoms with Crippen molar-refractivity contribution in [3.63, 3.8) is 0 Å². The predicted molar refractivity (Wildman–Crippen MR) is 80.9 cm³/mol. The van der Waals surface area contributed by atoms with Crippen molar-refractivity contribution >= 4 is 0 Å². The summed E-state index contributed by atoms with van der Waals surface area (Å²) in [5.41, 5.74) is 1.57. The molecule has 1 aliphatic carbocycles. The van der Waals surface area contributed by atoms with Crippen molar-refractivity contribution < 1.29 is 4.74 Å². The Balaban J connectivity index is 1.62. The van der Waals surface area contributed by atoms with Gasteiger partial charge in [-0.25, -0.2) is 0 Å². The van der Waals surface area contributed by atoms with Gasteiger partial charge in [0, 0.05) is 6.04 Å². The lowest BCUT2D eigenvalue weighted by Crippen LogP contribution is -2.17. The molecule has 0 radical (unpaired) electrons. The summed E-state index contributed by atoms with van der Waals surface area (Å²) in [6, 6.07) is 9.34. The lowest BCUT2D eigenvalue weighted by atomic mass is 9.87. The maximum Gasteiger partial charge on any atom is 0.119 e. The number of hydrogen-bond acceptors (Lipinski definition) is 2. The Bertz CT molecular complexity index is 373. The van der Waals surface area contributed by atoms with E-state index >= 15 is 0 Å². The molecule has 0 heterocycles. The van der Waals surface area contributed by atoms with E-state index in [2.05, 4.69) is 50.4 Å². The zero-order chi connectivity index (χ0) is 13.7. The average molecular weight is 261 g/mol. The number of nitrogens with one attached hydrogen (secondary N) is 1. The second-order valence-corrected chi connectivity index (χ2v) is 6.56. The van der Waals surface area contributed by atoms with Crippen LogP contribution in [0.3, 0.4) is 0 Å². The van der Waals surface area contributed by atoms with Gasteiger partial charge >= 0.3 is 0 Å². The highest BCUT2D eigenvalue weighted by molar-refractivity contribution is 5.31. The standard InChI is InChI=1S/C17H27NO/c1-17(2,3)14-6-10-16(11-7-14)19-13-5-4-12-18-15-8-9-15/h6-7,10-11,15,18H,4-5,8-9,12-13H2,1-3H3. The number of rotatable bonds is 7. The summed E-state index contributed by atoms with van der Waals surface area (Å²) in [7, 11) is 0. The lowest BCUT2D eigenvalue weighted by Gasteiger charge is -2.19. The molecule has 0 spiro atoms. The van der Waals surface area contributed by atoms with Gasteiger partial charge in [-0.1, -0.05) is 32.9 Å². The molecule has 1 aliphatic rings. The fraction of sp³-hybridized carbons (Fsp3) is 0.647. The molecule has 2 heteroatoms. The molecule has 0 saturated heterocycles. The normalized spacial score (nSPS) is 15.5. The highest BCUT2D eigenvalue weighted by atomic mass is 16.5. The lowest BCUT2D eigenvalue weighted by molar-refractivity contribution is 0.305. The highest BCUT2D eigenvalue weighted by Crippen LogP contribution is 2.24. The van der Waals surface area contributed by atoms with Crippen molar-refractivity contribution in [1.29, 1.82) is 0 Å². The zero-order valence-electron chi connectivity index (χ0n) is 12.5. The molecule has 1 aromatic carbocycles. The van der Waals surface area contributed by atoms with Gasteiger partial charge in [-0.15, -0.1) is 0 Å². The summed E-state index contributed by atoms with van der Waals surface area (Å²) in [5.74, 6) is 0.989. The average Bonchev–Trinajstić information content (AvgIpc) is 3.17. The third-order valence-electron chi connectivity index (χ3n) is 3.57. The van der Waals surface area contributed by atoms with E-state index in [0.717, 1.165) is 31.4 Å². The molecule has 1 saturated carbocycles. The Morgan fingerprint density at radius 2 is 1.79 bits per heavy atom. The van der Waals surface area contributed by atoms with E-state index < -0.39 is 0 Å². The van der Waals surface area contributed by atoms with Crippen LogP contribution in [-0.2, 0) is 5.41 Å². The smallest absolute Gasteiger partial charge is 0.119 e. The van der Waals surface area contributed by atoms with Gasteiger partial charge < -0.3 is 10.1 Å². The first kappa shape index (κ1) is 14.4. The minimum Gasteiger partial charge on any atom is -0.494 e. The van der Waals surface area contributed by atoms with E-state index in [1.165, 1.54) is 24.8 Å². The van der Waals surface area contributed by atoms with Crippen molar-refractivity contribution in [2.24, 2.45) is 0 Å². The van der Waals surface area contributed by atoms with Crippen LogP contribution in [-0.4, -0.2) is 19.2 Å². The van der Waals surface area contributed by atoms with Gasteiger partial charge in [-0.05, 0) is 55.3 Å². The molecule has 1 N–H and O–H groups in total. The molecule has 0 amide bonds. The van der Waals surface area contributed by atoms with Crippen LogP contribution >= 0.6 is 0 Å². The number of benzene rings is 1. The first-order valence-corrected chi connectivity index (χ1v) is 7.52. The van der Waals surface area contributed by atoms with Crippen LogP contribution in [0.25, 0.3) is 0 Å². The fourth-order valence-electron chi connectivity index (χ4n) is 2.06. The summed E-state index contributed by atoms with van der Waals surface area (Å²) in [6.07, 6.45) is 5.07. The maximum atomic E-state index is 5.77. The Morgan fingerprint density at radius 3 is 2.37 bits per heavy atom. The van der Waals surface area contributed by atoms with Gasteiger partial charge in [-0.2, -0.15) is 0 Å². The van der Waals surface area contributed by atoms with E-state index in [9.17, 15) is 0 Å². The third-order valence-corrected chi connectivity index (χ3v) is 3.57. The number of hydrogen-bond donors (Lipinski definition) is 1. The van der Waals surface area contributed by atoms with Crippen LogP contribution in [0.1, 0.15) is 52.0 Å². The van der Waals surface area contributed by atoms with Crippen LogP contribution in [0, 0.1) is 0 Å². The van der Waals surface area contributed by atoms with Crippen molar-refractivity contribution in [2.45, 2.75) is 57.9 Å². The molecule has 0 atom stereocenters. The van der Waals surface area contributed by atoms with Crippen molar-refractivity contribution in [3.8, 4) is 5.75 Å². The Kier molecular flexibility index (Phi) is 4.87. The van der Waals surface area contributed by atoms with Crippen LogP contribution in [0.5, 0.6) is 5.75 Å². The van der Waals surface area contributed by atoms with Crippen molar-refractivity contribution in [2.75, 3.05) is 13.2 Å². The Labute approximate surface area is 117 Å². The van der Waals surface area contributed by atoms with Gasteiger partial charge in [0.05, 0.1) is 6.61 Å².